The molecule has 0 spiro atoms. The first-order valence-corrected chi connectivity index (χ1v) is 3.80. The Morgan fingerprint density at radius 1 is 1.57 bits per heavy atom. The Bertz CT molecular complexity index is 418. The minimum atomic E-state index is -0.584. The van der Waals surface area contributed by atoms with Crippen molar-refractivity contribution in [3.8, 4) is 6.07 Å². The summed E-state index contributed by atoms with van der Waals surface area (Å²) in [6.45, 7) is 0. The van der Waals surface area contributed by atoms with E-state index in [4.69, 9.17) is 5.26 Å². The van der Waals surface area contributed by atoms with Crippen molar-refractivity contribution < 1.29 is 14.3 Å². The van der Waals surface area contributed by atoms with Gasteiger partial charge in [0.1, 0.15) is 12.4 Å². The molecule has 0 saturated carbocycles. The summed E-state index contributed by atoms with van der Waals surface area (Å²) in [4.78, 5) is 21.5. The molecule has 0 bridgehead atoms. The molecule has 0 atom stereocenters. The maximum absolute atomic E-state index is 11.1. The molecule has 0 aliphatic rings. The molecule has 0 N–H and O–H groups in total. The Balaban J connectivity index is 3.26. The molecule has 14 heavy (non-hydrogen) atoms. The number of ether oxygens (including phenoxy) is 1. The SMILES string of the molecule is COC(=O)c1ccc(C=O)cc1C#N. The van der Waals surface area contributed by atoms with Gasteiger partial charge >= 0.3 is 5.97 Å². The fourth-order valence-electron chi connectivity index (χ4n) is 1.02. The molecule has 0 fully saturated rings. The van der Waals surface area contributed by atoms with Crippen LogP contribution < -0.4 is 0 Å². The summed E-state index contributed by atoms with van der Waals surface area (Å²) in [5.41, 5.74) is 0.663. The zero-order valence-electron chi connectivity index (χ0n) is 7.48. The molecule has 0 amide bonds. The highest BCUT2D eigenvalue weighted by molar-refractivity contribution is 5.93. The average molecular weight is 189 g/mol. The lowest BCUT2D eigenvalue weighted by atomic mass is 10.1. The third-order valence-corrected chi connectivity index (χ3v) is 1.71. The third kappa shape index (κ3) is 1.77. The first-order chi connectivity index (χ1) is 6.72. The number of nitriles is 1. The van der Waals surface area contributed by atoms with E-state index in [0.717, 1.165) is 0 Å². The van der Waals surface area contributed by atoms with Crippen molar-refractivity contribution in [3.63, 3.8) is 0 Å². The van der Waals surface area contributed by atoms with Crippen LogP contribution in [0.2, 0.25) is 0 Å². The highest BCUT2D eigenvalue weighted by Gasteiger charge is 2.11. The Labute approximate surface area is 80.7 Å². The molecule has 4 heteroatoms. The number of hydrogen-bond donors (Lipinski definition) is 0. The van der Waals surface area contributed by atoms with Gasteiger partial charge in [-0.15, -0.1) is 0 Å². The summed E-state index contributed by atoms with van der Waals surface area (Å²) in [6, 6.07) is 6.03. The molecule has 4 nitrogen and oxygen atoms in total. The Morgan fingerprint density at radius 3 is 2.79 bits per heavy atom. The topological polar surface area (TPSA) is 67.2 Å². The standard InChI is InChI=1S/C10H7NO3/c1-14-10(13)9-3-2-7(6-12)4-8(9)5-11/h2-4,6H,1H3. The smallest absolute Gasteiger partial charge is 0.339 e. The highest BCUT2D eigenvalue weighted by Crippen LogP contribution is 2.11. The molecule has 0 radical (unpaired) electrons. The number of nitrogens with zero attached hydrogens (tertiary/aromatic N) is 1. The van der Waals surface area contributed by atoms with Gasteiger partial charge in [-0.05, 0) is 12.1 Å². The van der Waals surface area contributed by atoms with Crippen molar-refractivity contribution >= 4 is 12.3 Å². The van der Waals surface area contributed by atoms with E-state index >= 15 is 0 Å². The molecule has 0 saturated heterocycles. The largest absolute Gasteiger partial charge is 0.465 e. The summed E-state index contributed by atoms with van der Waals surface area (Å²) in [6.07, 6.45) is 0.613. The normalized spacial score (nSPS) is 8.86. The van der Waals surface area contributed by atoms with Gasteiger partial charge < -0.3 is 4.74 Å². The summed E-state index contributed by atoms with van der Waals surface area (Å²) < 4.78 is 4.47. The summed E-state index contributed by atoms with van der Waals surface area (Å²) in [7, 11) is 1.23. The lowest BCUT2D eigenvalue weighted by Crippen LogP contribution is -2.04. The van der Waals surface area contributed by atoms with E-state index in [-0.39, 0.29) is 11.1 Å². The number of hydrogen-bond acceptors (Lipinski definition) is 4. The van der Waals surface area contributed by atoms with Gasteiger partial charge in [0.05, 0.1) is 18.2 Å². The minimum Gasteiger partial charge on any atom is -0.465 e. The number of benzene rings is 1. The lowest BCUT2D eigenvalue weighted by molar-refractivity contribution is 0.0600. The van der Waals surface area contributed by atoms with E-state index in [0.29, 0.717) is 11.8 Å². The van der Waals surface area contributed by atoms with Crippen LogP contribution in [0.5, 0.6) is 0 Å². The zero-order valence-corrected chi connectivity index (χ0v) is 7.48. The Hall–Kier alpha value is -2.15. The Kier molecular flexibility index (Phi) is 2.97. The van der Waals surface area contributed by atoms with Crippen LogP contribution in [0.4, 0.5) is 0 Å². The van der Waals surface area contributed by atoms with Gasteiger partial charge in [0.15, 0.2) is 0 Å². The molecule has 0 aliphatic heterocycles. The first-order valence-electron chi connectivity index (χ1n) is 3.80. The van der Waals surface area contributed by atoms with E-state index in [1.165, 1.54) is 25.3 Å². The van der Waals surface area contributed by atoms with E-state index in [1.807, 2.05) is 6.07 Å². The summed E-state index contributed by atoms with van der Waals surface area (Å²) >= 11 is 0. The van der Waals surface area contributed by atoms with Gasteiger partial charge in [-0.3, -0.25) is 4.79 Å². The highest BCUT2D eigenvalue weighted by atomic mass is 16.5. The van der Waals surface area contributed by atoms with Crippen molar-refractivity contribution in [1.82, 2.24) is 0 Å². The van der Waals surface area contributed by atoms with Gasteiger partial charge in [0, 0.05) is 5.56 Å². The molecule has 0 heterocycles. The number of carbonyl (C=O) groups is 2. The lowest BCUT2D eigenvalue weighted by Gasteiger charge is -2.01. The molecule has 0 unspecified atom stereocenters. The van der Waals surface area contributed by atoms with Gasteiger partial charge in [-0.1, -0.05) is 6.07 Å². The molecule has 1 aromatic rings. The van der Waals surface area contributed by atoms with E-state index in [2.05, 4.69) is 4.74 Å². The van der Waals surface area contributed by atoms with Crippen LogP contribution in [0, 0.1) is 11.3 Å². The van der Waals surface area contributed by atoms with Gasteiger partial charge in [-0.2, -0.15) is 5.26 Å². The maximum atomic E-state index is 11.1. The van der Waals surface area contributed by atoms with Crippen molar-refractivity contribution in [2.75, 3.05) is 7.11 Å². The predicted octanol–water partition coefficient (Wildman–Crippen LogP) is 1.16. The minimum absolute atomic E-state index is 0.140. The summed E-state index contributed by atoms with van der Waals surface area (Å²) in [5, 5.41) is 8.71. The molecule has 1 rings (SSSR count). The second kappa shape index (κ2) is 4.19. The second-order valence-electron chi connectivity index (χ2n) is 2.53. The van der Waals surface area contributed by atoms with Gasteiger partial charge in [0.2, 0.25) is 0 Å². The molecular weight excluding hydrogens is 182 g/mol. The van der Waals surface area contributed by atoms with Crippen LogP contribution in [0.3, 0.4) is 0 Å². The summed E-state index contributed by atoms with van der Waals surface area (Å²) in [5.74, 6) is -0.584. The fourth-order valence-corrected chi connectivity index (χ4v) is 1.02. The maximum Gasteiger partial charge on any atom is 0.339 e. The monoisotopic (exact) mass is 189 g/mol. The van der Waals surface area contributed by atoms with Crippen LogP contribution in [-0.2, 0) is 4.74 Å². The van der Waals surface area contributed by atoms with E-state index < -0.39 is 5.97 Å². The van der Waals surface area contributed by atoms with E-state index in [9.17, 15) is 9.59 Å². The van der Waals surface area contributed by atoms with E-state index in [1.54, 1.807) is 0 Å². The van der Waals surface area contributed by atoms with Crippen LogP contribution in [-0.4, -0.2) is 19.4 Å². The number of carbonyl (C=O) groups excluding carboxylic acids is 2. The van der Waals surface area contributed by atoms with Crippen LogP contribution in [0.1, 0.15) is 26.3 Å². The molecule has 1 aromatic carbocycles. The van der Waals surface area contributed by atoms with Crippen molar-refractivity contribution in [1.29, 1.82) is 5.26 Å². The number of methoxy groups -OCH3 is 1. The van der Waals surface area contributed by atoms with Crippen LogP contribution >= 0.6 is 0 Å². The first kappa shape index (κ1) is 9.93. The fraction of sp³-hybridized carbons (Fsp3) is 0.100. The van der Waals surface area contributed by atoms with Gasteiger partial charge in [0.25, 0.3) is 0 Å². The predicted molar refractivity (Wildman–Crippen MR) is 47.9 cm³/mol. The molecule has 70 valence electrons. The molecule has 0 aromatic heterocycles. The number of esters is 1. The van der Waals surface area contributed by atoms with Gasteiger partial charge in [-0.25, -0.2) is 4.79 Å². The van der Waals surface area contributed by atoms with Crippen molar-refractivity contribution in [3.05, 3.63) is 34.9 Å². The second-order valence-corrected chi connectivity index (χ2v) is 2.53. The van der Waals surface area contributed by atoms with Crippen molar-refractivity contribution in [2.24, 2.45) is 0 Å². The van der Waals surface area contributed by atoms with Crippen LogP contribution in [0.15, 0.2) is 18.2 Å². The number of rotatable bonds is 2. The average Bonchev–Trinajstić information content (AvgIpc) is 2.27. The molecule has 0 aliphatic carbocycles. The number of aldehydes is 1. The van der Waals surface area contributed by atoms with Crippen LogP contribution in [0.25, 0.3) is 0 Å². The Morgan fingerprint density at radius 2 is 2.29 bits per heavy atom. The third-order valence-electron chi connectivity index (χ3n) is 1.71. The quantitative estimate of drug-likeness (QED) is 0.517. The molecular formula is C10H7NO3. The zero-order chi connectivity index (χ0) is 10.6. The van der Waals surface area contributed by atoms with Crippen molar-refractivity contribution in [2.45, 2.75) is 0 Å².